The standard InChI is InChI=1S/C19H30FN3O2/c1-6-16(18(24)25)17(21-4)23(22-5)19(2,3)13-7-8-14-9-11-15(20)12-10-14/h9-12,21-22H,6-8,13H2,1-5H3,(H,24,25)/b17-16+. The zero-order chi connectivity index (χ0) is 19.0. The molecule has 0 atom stereocenters. The number of nitrogens with zero attached hydrogens (tertiary/aromatic N) is 1. The Kier molecular flexibility index (Phi) is 7.90. The number of nitrogens with one attached hydrogen (secondary N) is 2. The summed E-state index contributed by atoms with van der Waals surface area (Å²) in [7, 11) is 3.51. The van der Waals surface area contributed by atoms with Gasteiger partial charge < -0.3 is 10.4 Å². The molecule has 0 aromatic heterocycles. The van der Waals surface area contributed by atoms with E-state index in [9.17, 15) is 14.3 Å². The van der Waals surface area contributed by atoms with Crippen LogP contribution in [0.15, 0.2) is 35.7 Å². The fraction of sp³-hybridized carbons (Fsp3) is 0.526. The molecule has 1 aromatic carbocycles. The van der Waals surface area contributed by atoms with Crippen molar-refractivity contribution in [3.63, 3.8) is 0 Å². The second kappa shape index (κ2) is 9.42. The molecule has 0 saturated carbocycles. The quantitative estimate of drug-likeness (QED) is 0.446. The van der Waals surface area contributed by atoms with Crippen molar-refractivity contribution in [2.75, 3.05) is 14.1 Å². The smallest absolute Gasteiger partial charge is 0.335 e. The number of halogens is 1. The molecule has 0 spiro atoms. The lowest BCUT2D eigenvalue weighted by Crippen LogP contribution is -2.53. The van der Waals surface area contributed by atoms with Gasteiger partial charge in [0.05, 0.1) is 11.1 Å². The topological polar surface area (TPSA) is 64.6 Å². The molecule has 0 aliphatic rings. The van der Waals surface area contributed by atoms with Crippen LogP contribution >= 0.6 is 0 Å². The number of benzene rings is 1. The second-order valence-corrected chi connectivity index (χ2v) is 6.59. The summed E-state index contributed by atoms with van der Waals surface area (Å²) in [6, 6.07) is 6.55. The summed E-state index contributed by atoms with van der Waals surface area (Å²) in [6.07, 6.45) is 3.02. The van der Waals surface area contributed by atoms with Gasteiger partial charge in [-0.3, -0.25) is 5.01 Å². The minimum atomic E-state index is -0.922. The van der Waals surface area contributed by atoms with Gasteiger partial charge >= 0.3 is 5.97 Å². The molecule has 0 saturated heterocycles. The van der Waals surface area contributed by atoms with E-state index in [4.69, 9.17) is 0 Å². The molecule has 0 heterocycles. The molecule has 0 unspecified atom stereocenters. The van der Waals surface area contributed by atoms with E-state index in [1.54, 1.807) is 26.2 Å². The highest BCUT2D eigenvalue weighted by Gasteiger charge is 2.30. The molecule has 6 heteroatoms. The Morgan fingerprint density at radius 1 is 1.24 bits per heavy atom. The maximum Gasteiger partial charge on any atom is 0.335 e. The maximum absolute atomic E-state index is 13.0. The van der Waals surface area contributed by atoms with Gasteiger partial charge in [-0.15, -0.1) is 0 Å². The van der Waals surface area contributed by atoms with Crippen molar-refractivity contribution in [3.8, 4) is 0 Å². The summed E-state index contributed by atoms with van der Waals surface area (Å²) in [5.74, 6) is -0.575. The minimum Gasteiger partial charge on any atom is -0.478 e. The van der Waals surface area contributed by atoms with Crippen LogP contribution in [0.2, 0.25) is 0 Å². The van der Waals surface area contributed by atoms with Crippen LogP contribution in [-0.2, 0) is 11.2 Å². The van der Waals surface area contributed by atoms with Gasteiger partial charge in [0, 0.05) is 14.1 Å². The van der Waals surface area contributed by atoms with E-state index in [2.05, 4.69) is 24.6 Å². The Labute approximate surface area is 149 Å². The number of rotatable bonds is 10. The van der Waals surface area contributed by atoms with Gasteiger partial charge in [-0.05, 0) is 57.2 Å². The second-order valence-electron chi connectivity index (χ2n) is 6.59. The monoisotopic (exact) mass is 351 g/mol. The van der Waals surface area contributed by atoms with Crippen LogP contribution in [-0.4, -0.2) is 35.7 Å². The number of hydrogen-bond donors (Lipinski definition) is 3. The summed E-state index contributed by atoms with van der Waals surface area (Å²) in [5.41, 5.74) is 4.25. The molecule has 0 radical (unpaired) electrons. The number of aliphatic carboxylic acids is 1. The first-order valence-corrected chi connectivity index (χ1v) is 8.63. The molecule has 1 aromatic rings. The minimum absolute atomic E-state index is 0.227. The van der Waals surface area contributed by atoms with E-state index in [1.807, 2.05) is 11.9 Å². The van der Waals surface area contributed by atoms with Gasteiger partial charge in [0.15, 0.2) is 0 Å². The zero-order valence-electron chi connectivity index (χ0n) is 15.8. The molecule has 0 fully saturated rings. The molecule has 1 rings (SSSR count). The number of carboxylic acids is 1. The van der Waals surface area contributed by atoms with Gasteiger partial charge in [-0.25, -0.2) is 14.6 Å². The summed E-state index contributed by atoms with van der Waals surface area (Å²) in [5, 5.41) is 14.4. The van der Waals surface area contributed by atoms with Crippen LogP contribution < -0.4 is 10.7 Å². The fourth-order valence-corrected chi connectivity index (χ4v) is 3.02. The largest absolute Gasteiger partial charge is 0.478 e. The Bertz CT molecular complexity index is 597. The summed E-state index contributed by atoms with van der Waals surface area (Å²) >= 11 is 0. The molecular weight excluding hydrogens is 321 g/mol. The van der Waals surface area contributed by atoms with Gasteiger partial charge in [0.25, 0.3) is 0 Å². The molecule has 5 nitrogen and oxygen atoms in total. The number of carboxylic acid groups (broad SMARTS) is 1. The van der Waals surface area contributed by atoms with Crippen molar-refractivity contribution in [2.45, 2.75) is 52.0 Å². The molecule has 25 heavy (non-hydrogen) atoms. The number of hydrazine groups is 1. The molecule has 0 amide bonds. The Morgan fingerprint density at radius 3 is 2.28 bits per heavy atom. The van der Waals surface area contributed by atoms with Gasteiger partial charge in [-0.1, -0.05) is 19.1 Å². The van der Waals surface area contributed by atoms with Crippen LogP contribution in [0.5, 0.6) is 0 Å². The number of carbonyl (C=O) groups is 1. The first-order chi connectivity index (χ1) is 11.8. The highest BCUT2D eigenvalue weighted by Crippen LogP contribution is 2.25. The lowest BCUT2D eigenvalue weighted by Gasteiger charge is -2.41. The van der Waals surface area contributed by atoms with Gasteiger partial charge in [-0.2, -0.15) is 0 Å². The van der Waals surface area contributed by atoms with Crippen molar-refractivity contribution < 1.29 is 14.3 Å². The summed E-state index contributed by atoms with van der Waals surface area (Å²) in [6.45, 7) is 5.97. The Morgan fingerprint density at radius 2 is 1.84 bits per heavy atom. The predicted octanol–water partition coefficient (Wildman–Crippen LogP) is 3.29. The molecule has 140 valence electrons. The molecule has 0 aliphatic carbocycles. The molecular formula is C19H30FN3O2. The summed E-state index contributed by atoms with van der Waals surface area (Å²) < 4.78 is 13.0. The highest BCUT2D eigenvalue weighted by atomic mass is 19.1. The highest BCUT2D eigenvalue weighted by molar-refractivity contribution is 5.87. The molecule has 3 N–H and O–H groups in total. The van der Waals surface area contributed by atoms with Crippen molar-refractivity contribution >= 4 is 5.97 Å². The predicted molar refractivity (Wildman–Crippen MR) is 98.3 cm³/mol. The lowest BCUT2D eigenvalue weighted by atomic mass is 9.94. The average molecular weight is 351 g/mol. The van der Waals surface area contributed by atoms with Crippen molar-refractivity contribution in [1.29, 1.82) is 0 Å². The summed E-state index contributed by atoms with van der Waals surface area (Å²) in [4.78, 5) is 11.5. The first-order valence-electron chi connectivity index (χ1n) is 8.63. The van der Waals surface area contributed by atoms with Crippen LogP contribution in [0.3, 0.4) is 0 Å². The molecule has 0 bridgehead atoms. The van der Waals surface area contributed by atoms with Crippen LogP contribution in [0.1, 0.15) is 45.6 Å². The van der Waals surface area contributed by atoms with Crippen LogP contribution in [0.4, 0.5) is 4.39 Å². The van der Waals surface area contributed by atoms with Gasteiger partial charge in [0.1, 0.15) is 11.6 Å². The first kappa shape index (κ1) is 21.0. The van der Waals surface area contributed by atoms with E-state index < -0.39 is 5.97 Å². The normalized spacial score (nSPS) is 12.6. The van der Waals surface area contributed by atoms with E-state index in [-0.39, 0.29) is 11.4 Å². The fourth-order valence-electron chi connectivity index (χ4n) is 3.02. The SMILES string of the molecule is CC/C(C(=O)O)=C(/NC)N(NC)C(C)(C)CCCc1ccc(F)cc1. The third-order valence-electron chi connectivity index (χ3n) is 4.35. The van der Waals surface area contributed by atoms with E-state index in [0.29, 0.717) is 17.8 Å². The number of hydrogen-bond acceptors (Lipinski definition) is 4. The third-order valence-corrected chi connectivity index (χ3v) is 4.35. The zero-order valence-corrected chi connectivity index (χ0v) is 15.8. The van der Waals surface area contributed by atoms with Crippen molar-refractivity contribution in [3.05, 3.63) is 47.0 Å². The maximum atomic E-state index is 13.0. The number of aryl methyl sites for hydroxylation is 1. The Hall–Kier alpha value is -2.08. The lowest BCUT2D eigenvalue weighted by molar-refractivity contribution is -0.133. The third kappa shape index (κ3) is 5.74. The van der Waals surface area contributed by atoms with Gasteiger partial charge in [0.2, 0.25) is 0 Å². The molecule has 0 aliphatic heterocycles. The van der Waals surface area contributed by atoms with Crippen LogP contribution in [0.25, 0.3) is 0 Å². The Balaban J connectivity index is 2.88. The van der Waals surface area contributed by atoms with Crippen LogP contribution in [0, 0.1) is 5.82 Å². The van der Waals surface area contributed by atoms with Crippen molar-refractivity contribution in [1.82, 2.24) is 15.8 Å². The van der Waals surface area contributed by atoms with E-state index in [1.165, 1.54) is 12.1 Å². The van der Waals surface area contributed by atoms with E-state index in [0.717, 1.165) is 24.8 Å². The van der Waals surface area contributed by atoms with Crippen molar-refractivity contribution in [2.24, 2.45) is 0 Å². The van der Waals surface area contributed by atoms with E-state index >= 15 is 0 Å². The average Bonchev–Trinajstić information content (AvgIpc) is 2.55.